The van der Waals surface area contributed by atoms with Crippen molar-refractivity contribution in [3.8, 4) is 5.75 Å². The van der Waals surface area contributed by atoms with Gasteiger partial charge in [0.1, 0.15) is 18.5 Å². The summed E-state index contributed by atoms with van der Waals surface area (Å²) in [7, 11) is 0. The molecule has 0 saturated carbocycles. The van der Waals surface area contributed by atoms with Crippen molar-refractivity contribution in [1.29, 1.82) is 0 Å². The van der Waals surface area contributed by atoms with Crippen LogP contribution in [0.15, 0.2) is 24.3 Å². The van der Waals surface area contributed by atoms with Gasteiger partial charge in [0.2, 0.25) is 5.91 Å². The van der Waals surface area contributed by atoms with Crippen molar-refractivity contribution >= 4 is 11.6 Å². The molecule has 1 amide bonds. The molecule has 1 aromatic rings. The number of anilines is 1. The van der Waals surface area contributed by atoms with Gasteiger partial charge in [0, 0.05) is 18.7 Å². The van der Waals surface area contributed by atoms with Crippen molar-refractivity contribution in [3.05, 3.63) is 24.3 Å². The van der Waals surface area contributed by atoms with E-state index in [0.29, 0.717) is 18.8 Å². The van der Waals surface area contributed by atoms with E-state index >= 15 is 0 Å². The average Bonchev–Trinajstić information content (AvgIpc) is 2.44. The van der Waals surface area contributed by atoms with Crippen molar-refractivity contribution in [2.24, 2.45) is 0 Å². The molecular weight excluding hydrogens is 258 g/mol. The number of rotatable bonds is 9. The van der Waals surface area contributed by atoms with Gasteiger partial charge in [0.25, 0.3) is 0 Å². The van der Waals surface area contributed by atoms with Crippen LogP contribution in [0.25, 0.3) is 0 Å². The molecule has 5 heteroatoms. The summed E-state index contributed by atoms with van der Waals surface area (Å²) in [6.07, 6.45) is 0.700. The largest absolute Gasteiger partial charge is 0.491 e. The summed E-state index contributed by atoms with van der Waals surface area (Å²) in [5.74, 6) is 0.655. The number of amides is 1. The van der Waals surface area contributed by atoms with Crippen molar-refractivity contribution in [2.75, 3.05) is 25.1 Å². The van der Waals surface area contributed by atoms with Gasteiger partial charge in [0.15, 0.2) is 0 Å². The van der Waals surface area contributed by atoms with Gasteiger partial charge in [-0.1, -0.05) is 6.92 Å². The molecule has 1 rings (SSSR count). The SMILES string of the molecule is CCCC(=O)Nc1ccc(OCC(O)COCC)cc1. The lowest BCUT2D eigenvalue weighted by atomic mass is 10.2. The molecule has 0 bridgehead atoms. The number of hydrogen-bond acceptors (Lipinski definition) is 4. The van der Waals surface area contributed by atoms with E-state index in [1.807, 2.05) is 13.8 Å². The number of aliphatic hydroxyl groups is 1. The van der Waals surface area contributed by atoms with Crippen molar-refractivity contribution < 1.29 is 19.4 Å². The summed E-state index contributed by atoms with van der Waals surface area (Å²) in [5.41, 5.74) is 0.741. The Bertz CT molecular complexity index is 391. The maximum absolute atomic E-state index is 11.4. The van der Waals surface area contributed by atoms with E-state index in [2.05, 4.69) is 5.32 Å². The smallest absolute Gasteiger partial charge is 0.224 e. The molecule has 1 atom stereocenters. The van der Waals surface area contributed by atoms with E-state index < -0.39 is 6.10 Å². The highest BCUT2D eigenvalue weighted by Crippen LogP contribution is 2.16. The van der Waals surface area contributed by atoms with Crippen LogP contribution in [0.5, 0.6) is 5.75 Å². The first-order chi connectivity index (χ1) is 9.65. The Morgan fingerprint density at radius 2 is 1.95 bits per heavy atom. The zero-order valence-electron chi connectivity index (χ0n) is 12.1. The number of carbonyl (C=O) groups is 1. The van der Waals surface area contributed by atoms with E-state index in [1.165, 1.54) is 0 Å². The van der Waals surface area contributed by atoms with E-state index in [9.17, 15) is 9.90 Å². The standard InChI is InChI=1S/C15H23NO4/c1-3-5-15(18)16-12-6-8-14(9-7-12)20-11-13(17)10-19-4-2/h6-9,13,17H,3-5,10-11H2,1-2H3,(H,16,18). The van der Waals surface area contributed by atoms with Crippen LogP contribution in [0.2, 0.25) is 0 Å². The lowest BCUT2D eigenvalue weighted by Gasteiger charge is -2.12. The van der Waals surface area contributed by atoms with Gasteiger partial charge in [-0.25, -0.2) is 0 Å². The molecule has 0 heterocycles. The molecule has 0 fully saturated rings. The summed E-state index contributed by atoms with van der Waals surface area (Å²) in [4.78, 5) is 11.4. The maximum Gasteiger partial charge on any atom is 0.224 e. The Morgan fingerprint density at radius 3 is 2.55 bits per heavy atom. The zero-order valence-corrected chi connectivity index (χ0v) is 12.1. The number of hydrogen-bond donors (Lipinski definition) is 2. The third kappa shape index (κ3) is 6.54. The molecule has 2 N–H and O–H groups in total. The molecule has 0 aliphatic carbocycles. The second-order valence-corrected chi connectivity index (χ2v) is 4.45. The fourth-order valence-corrected chi connectivity index (χ4v) is 1.58. The van der Waals surface area contributed by atoms with Gasteiger partial charge in [-0.2, -0.15) is 0 Å². The minimum absolute atomic E-state index is 0.00769. The van der Waals surface area contributed by atoms with Gasteiger partial charge < -0.3 is 19.9 Å². The summed E-state index contributed by atoms with van der Waals surface area (Å²) < 4.78 is 10.5. The normalized spacial score (nSPS) is 11.9. The summed E-state index contributed by atoms with van der Waals surface area (Å²) in [5, 5.41) is 12.4. The van der Waals surface area contributed by atoms with Gasteiger partial charge in [-0.05, 0) is 37.6 Å². The lowest BCUT2D eigenvalue weighted by Crippen LogP contribution is -2.23. The number of nitrogens with one attached hydrogen (secondary N) is 1. The van der Waals surface area contributed by atoms with Gasteiger partial charge in [-0.15, -0.1) is 0 Å². The van der Waals surface area contributed by atoms with Crippen molar-refractivity contribution in [2.45, 2.75) is 32.8 Å². The second kappa shape index (κ2) is 9.34. The molecule has 0 radical (unpaired) electrons. The average molecular weight is 281 g/mol. The van der Waals surface area contributed by atoms with Crippen LogP contribution in [0, 0.1) is 0 Å². The van der Waals surface area contributed by atoms with Crippen LogP contribution in [-0.2, 0) is 9.53 Å². The highest BCUT2D eigenvalue weighted by Gasteiger charge is 2.05. The number of aliphatic hydroxyl groups excluding tert-OH is 1. The number of benzene rings is 1. The highest BCUT2D eigenvalue weighted by atomic mass is 16.5. The molecule has 20 heavy (non-hydrogen) atoms. The fraction of sp³-hybridized carbons (Fsp3) is 0.533. The maximum atomic E-state index is 11.4. The molecule has 0 aliphatic rings. The van der Waals surface area contributed by atoms with E-state index in [4.69, 9.17) is 9.47 Å². The molecule has 5 nitrogen and oxygen atoms in total. The number of ether oxygens (including phenoxy) is 2. The third-order valence-corrected chi connectivity index (χ3v) is 2.57. The zero-order chi connectivity index (χ0) is 14.8. The minimum Gasteiger partial charge on any atom is -0.491 e. The summed E-state index contributed by atoms with van der Waals surface area (Å²) in [6.45, 7) is 4.86. The Labute approximate surface area is 119 Å². The Kier molecular flexibility index (Phi) is 7.69. The van der Waals surface area contributed by atoms with Crippen molar-refractivity contribution in [1.82, 2.24) is 0 Å². The minimum atomic E-state index is -0.640. The lowest BCUT2D eigenvalue weighted by molar-refractivity contribution is -0.116. The molecule has 0 spiro atoms. The molecule has 1 unspecified atom stereocenters. The number of carbonyl (C=O) groups excluding carboxylic acids is 1. The van der Waals surface area contributed by atoms with Crippen LogP contribution in [-0.4, -0.2) is 36.9 Å². The monoisotopic (exact) mass is 281 g/mol. The van der Waals surface area contributed by atoms with Crippen LogP contribution < -0.4 is 10.1 Å². The van der Waals surface area contributed by atoms with E-state index in [-0.39, 0.29) is 19.1 Å². The fourth-order valence-electron chi connectivity index (χ4n) is 1.58. The molecule has 1 aromatic carbocycles. The van der Waals surface area contributed by atoms with E-state index in [1.54, 1.807) is 24.3 Å². The summed E-state index contributed by atoms with van der Waals surface area (Å²) >= 11 is 0. The van der Waals surface area contributed by atoms with Crippen LogP contribution in [0.1, 0.15) is 26.7 Å². The first-order valence-electron chi connectivity index (χ1n) is 6.94. The Morgan fingerprint density at radius 1 is 1.25 bits per heavy atom. The molecule has 112 valence electrons. The molecule has 0 saturated heterocycles. The highest BCUT2D eigenvalue weighted by molar-refractivity contribution is 5.90. The molecule has 0 aliphatic heterocycles. The topological polar surface area (TPSA) is 67.8 Å². The van der Waals surface area contributed by atoms with Crippen molar-refractivity contribution in [3.63, 3.8) is 0 Å². The molecule has 0 aromatic heterocycles. The summed E-state index contributed by atoms with van der Waals surface area (Å²) in [6, 6.07) is 7.07. The van der Waals surface area contributed by atoms with Gasteiger partial charge >= 0.3 is 0 Å². The van der Waals surface area contributed by atoms with Crippen LogP contribution in [0.3, 0.4) is 0 Å². The van der Waals surface area contributed by atoms with E-state index in [0.717, 1.165) is 12.1 Å². The first-order valence-corrected chi connectivity index (χ1v) is 6.94. The van der Waals surface area contributed by atoms with Gasteiger partial charge in [-0.3, -0.25) is 4.79 Å². The van der Waals surface area contributed by atoms with Crippen LogP contribution >= 0.6 is 0 Å². The third-order valence-electron chi connectivity index (χ3n) is 2.57. The predicted octanol–water partition coefficient (Wildman–Crippen LogP) is 2.20. The predicted molar refractivity (Wildman–Crippen MR) is 78.0 cm³/mol. The van der Waals surface area contributed by atoms with Gasteiger partial charge in [0.05, 0.1) is 6.61 Å². The van der Waals surface area contributed by atoms with Crippen LogP contribution in [0.4, 0.5) is 5.69 Å². The molecular formula is C15H23NO4. The Balaban J connectivity index is 2.36. The Hall–Kier alpha value is -1.59. The quantitative estimate of drug-likeness (QED) is 0.728. The second-order valence-electron chi connectivity index (χ2n) is 4.45. The first kappa shape index (κ1) is 16.5.